The van der Waals surface area contributed by atoms with E-state index in [2.05, 4.69) is 15.5 Å². The molecule has 0 fully saturated rings. The Labute approximate surface area is 245 Å². The van der Waals surface area contributed by atoms with Crippen molar-refractivity contribution in [3.05, 3.63) is 68.4 Å². The number of halogens is 1. The van der Waals surface area contributed by atoms with Crippen molar-refractivity contribution in [1.82, 2.24) is 29.4 Å². The van der Waals surface area contributed by atoms with E-state index in [4.69, 9.17) is 14.2 Å². The summed E-state index contributed by atoms with van der Waals surface area (Å²) in [6.45, 7) is 8.60. The van der Waals surface area contributed by atoms with Gasteiger partial charge in [0.2, 0.25) is 5.91 Å². The maximum Gasteiger partial charge on any atom is 0.333 e. The maximum absolute atomic E-state index is 14.5. The lowest BCUT2D eigenvalue weighted by Gasteiger charge is -2.28. The van der Waals surface area contributed by atoms with Gasteiger partial charge in [0.1, 0.15) is 33.0 Å². The fourth-order valence-corrected chi connectivity index (χ4v) is 5.90. The number of thiophene rings is 1. The molecular formula is C28H35FN6O6S. The number of carbonyl (C=O) groups is 1. The molecule has 3 aromatic heterocycles. The normalized spacial score (nSPS) is 12.7. The Morgan fingerprint density at radius 3 is 2.45 bits per heavy atom. The van der Waals surface area contributed by atoms with E-state index < -0.39 is 34.6 Å². The minimum Gasteiger partial charge on any atom is -0.496 e. The monoisotopic (exact) mass is 602 g/mol. The molecule has 0 aliphatic rings. The quantitative estimate of drug-likeness (QED) is 0.245. The number of carbonyl (C=O) groups excluding carboxylic acids is 1. The molecule has 1 N–H and O–H groups in total. The number of aryl methyl sites for hydroxylation is 1. The molecule has 0 bridgehead atoms. The molecule has 14 heteroatoms. The highest BCUT2D eigenvalue weighted by Gasteiger charge is 2.36. The van der Waals surface area contributed by atoms with Crippen LogP contribution in [0.25, 0.3) is 15.2 Å². The largest absolute Gasteiger partial charge is 0.496 e. The van der Waals surface area contributed by atoms with Gasteiger partial charge >= 0.3 is 5.69 Å². The van der Waals surface area contributed by atoms with E-state index in [-0.39, 0.29) is 31.2 Å². The maximum atomic E-state index is 14.5. The Morgan fingerprint density at radius 1 is 1.14 bits per heavy atom. The summed E-state index contributed by atoms with van der Waals surface area (Å²) < 4.78 is 33.6. The van der Waals surface area contributed by atoms with Crippen molar-refractivity contribution in [2.24, 2.45) is 0 Å². The second-order valence-electron chi connectivity index (χ2n) is 10.5. The Morgan fingerprint density at radius 2 is 1.83 bits per heavy atom. The molecule has 0 radical (unpaired) electrons. The van der Waals surface area contributed by atoms with Crippen LogP contribution >= 0.6 is 11.3 Å². The average molecular weight is 603 g/mol. The number of hydrogen-bond acceptors (Lipinski definition) is 9. The Hall–Kier alpha value is -3.88. The molecule has 42 heavy (non-hydrogen) atoms. The molecule has 1 atom stereocenters. The first-order valence-electron chi connectivity index (χ1n) is 13.3. The van der Waals surface area contributed by atoms with Crippen LogP contribution in [0.15, 0.2) is 40.2 Å². The summed E-state index contributed by atoms with van der Waals surface area (Å²) in [7, 11) is 2.98. The Bertz CT molecular complexity index is 1690. The van der Waals surface area contributed by atoms with Gasteiger partial charge in [-0.05, 0) is 52.8 Å². The molecule has 4 rings (SSSR count). The van der Waals surface area contributed by atoms with Crippen molar-refractivity contribution in [3.8, 4) is 10.8 Å². The van der Waals surface area contributed by atoms with Crippen molar-refractivity contribution >= 4 is 27.5 Å². The van der Waals surface area contributed by atoms with E-state index >= 15 is 0 Å². The van der Waals surface area contributed by atoms with Gasteiger partial charge in [-0.2, -0.15) is 10.2 Å². The van der Waals surface area contributed by atoms with Gasteiger partial charge in [0, 0.05) is 24.3 Å². The lowest BCUT2D eigenvalue weighted by molar-refractivity contribution is -0.129. The number of amides is 1. The van der Waals surface area contributed by atoms with Gasteiger partial charge in [-0.15, -0.1) is 4.80 Å². The molecule has 1 aromatic carbocycles. The predicted octanol–water partition coefficient (Wildman–Crippen LogP) is 2.93. The summed E-state index contributed by atoms with van der Waals surface area (Å²) in [5.74, 6) is -0.653. The number of nitrogens with one attached hydrogen (secondary N) is 1. The number of methoxy groups -OCH3 is 2. The molecule has 0 saturated heterocycles. The fourth-order valence-electron chi connectivity index (χ4n) is 4.68. The first kappa shape index (κ1) is 31.1. The molecule has 226 valence electrons. The fraction of sp³-hybridized carbons (Fsp3) is 0.464. The molecule has 0 saturated carbocycles. The van der Waals surface area contributed by atoms with Crippen LogP contribution in [0.1, 0.15) is 44.9 Å². The van der Waals surface area contributed by atoms with Crippen LogP contribution in [0.4, 0.5) is 4.39 Å². The SMILES string of the molecule is COCCO[C@@H](Cn1c(=O)n(C(C)(C)C(=O)NC(C)C)c(=O)c2c(C)c(-n3nccn3)sc21)c1cc(F)ccc1OC. The number of aromatic nitrogens is 5. The van der Waals surface area contributed by atoms with Crippen LogP contribution in [0.5, 0.6) is 5.75 Å². The zero-order valence-corrected chi connectivity index (χ0v) is 25.5. The number of nitrogens with zero attached hydrogens (tertiary/aromatic N) is 5. The predicted molar refractivity (Wildman–Crippen MR) is 156 cm³/mol. The van der Waals surface area contributed by atoms with E-state index in [1.54, 1.807) is 20.8 Å². The lowest BCUT2D eigenvalue weighted by Crippen LogP contribution is -2.56. The van der Waals surface area contributed by atoms with Crippen molar-refractivity contribution in [2.75, 3.05) is 27.4 Å². The van der Waals surface area contributed by atoms with E-state index in [1.165, 1.54) is 68.0 Å². The Balaban J connectivity index is 2.02. The number of fused-ring (bicyclic) bond motifs is 1. The van der Waals surface area contributed by atoms with Gasteiger partial charge in [0.05, 0.1) is 44.6 Å². The van der Waals surface area contributed by atoms with Crippen LogP contribution in [0.2, 0.25) is 0 Å². The van der Waals surface area contributed by atoms with Gasteiger partial charge < -0.3 is 19.5 Å². The Kier molecular flexibility index (Phi) is 9.28. The highest BCUT2D eigenvalue weighted by Crippen LogP contribution is 2.34. The minimum atomic E-state index is -1.56. The van der Waals surface area contributed by atoms with Crippen molar-refractivity contribution in [1.29, 1.82) is 0 Å². The van der Waals surface area contributed by atoms with Crippen molar-refractivity contribution < 1.29 is 23.4 Å². The highest BCUT2D eigenvalue weighted by atomic mass is 32.1. The molecule has 4 aromatic rings. The molecule has 12 nitrogen and oxygen atoms in total. The topological polar surface area (TPSA) is 132 Å². The van der Waals surface area contributed by atoms with Gasteiger partial charge in [-0.25, -0.2) is 13.8 Å². The molecule has 0 spiro atoms. The lowest BCUT2D eigenvalue weighted by atomic mass is 10.0. The summed E-state index contributed by atoms with van der Waals surface area (Å²) >= 11 is 1.16. The molecule has 1 amide bonds. The standard InChI is InChI=1S/C28H35FN6O6S/c1-16(2)32-26(37)28(4,5)34-23(36)22-17(3)24(35-30-10-11-31-35)42-25(22)33(27(34)38)15-21(41-13-12-39-6)19-14-18(29)8-9-20(19)40-7/h8-11,14,16,21H,12-13,15H2,1-7H3,(H,32,37)/t21-/m0/s1. The van der Waals surface area contributed by atoms with Gasteiger partial charge in [0.15, 0.2) is 0 Å². The molecule has 3 heterocycles. The zero-order valence-electron chi connectivity index (χ0n) is 24.6. The molecular weight excluding hydrogens is 567 g/mol. The number of hydrogen-bond donors (Lipinski definition) is 1. The van der Waals surface area contributed by atoms with Crippen LogP contribution < -0.4 is 21.3 Å². The molecule has 0 unspecified atom stereocenters. The second kappa shape index (κ2) is 12.5. The van der Waals surface area contributed by atoms with E-state index in [9.17, 15) is 18.8 Å². The first-order chi connectivity index (χ1) is 19.9. The van der Waals surface area contributed by atoms with E-state index in [0.29, 0.717) is 26.7 Å². The van der Waals surface area contributed by atoms with Crippen LogP contribution in [0.3, 0.4) is 0 Å². The van der Waals surface area contributed by atoms with Crippen LogP contribution in [-0.4, -0.2) is 63.5 Å². The van der Waals surface area contributed by atoms with Gasteiger partial charge in [-0.1, -0.05) is 11.3 Å². The van der Waals surface area contributed by atoms with E-state index in [1.807, 2.05) is 0 Å². The minimum absolute atomic E-state index is 0.132. The van der Waals surface area contributed by atoms with Crippen molar-refractivity contribution in [2.45, 2.75) is 58.8 Å². The summed E-state index contributed by atoms with van der Waals surface area (Å²) in [6, 6.07) is 3.80. The van der Waals surface area contributed by atoms with Crippen LogP contribution in [0, 0.1) is 12.7 Å². The molecule has 0 aliphatic carbocycles. The summed E-state index contributed by atoms with van der Waals surface area (Å²) in [5, 5.41) is 12.0. The number of rotatable bonds is 12. The average Bonchev–Trinajstić information content (AvgIpc) is 3.58. The smallest absolute Gasteiger partial charge is 0.333 e. The summed E-state index contributed by atoms with van der Waals surface area (Å²) in [5.41, 5.74) is -2.00. The van der Waals surface area contributed by atoms with Gasteiger partial charge in [-0.3, -0.25) is 14.2 Å². The highest BCUT2D eigenvalue weighted by molar-refractivity contribution is 7.21. The summed E-state index contributed by atoms with van der Waals surface area (Å²) in [4.78, 5) is 43.4. The van der Waals surface area contributed by atoms with Crippen LogP contribution in [-0.2, 0) is 26.4 Å². The van der Waals surface area contributed by atoms with Gasteiger partial charge in [0.25, 0.3) is 5.56 Å². The second-order valence-corrected chi connectivity index (χ2v) is 11.5. The molecule has 0 aliphatic heterocycles. The third-order valence-corrected chi connectivity index (χ3v) is 8.10. The zero-order chi connectivity index (χ0) is 30.8. The summed E-state index contributed by atoms with van der Waals surface area (Å²) in [6.07, 6.45) is 2.12. The number of benzene rings is 1. The first-order valence-corrected chi connectivity index (χ1v) is 14.1. The van der Waals surface area contributed by atoms with E-state index in [0.717, 1.165) is 15.9 Å². The van der Waals surface area contributed by atoms with Crippen molar-refractivity contribution in [3.63, 3.8) is 0 Å². The third-order valence-electron chi connectivity index (χ3n) is 6.82. The number of ether oxygens (including phenoxy) is 3. The third kappa shape index (κ3) is 5.87.